The van der Waals surface area contributed by atoms with E-state index in [1.165, 1.54) is 48.4 Å². The van der Waals surface area contributed by atoms with Crippen LogP contribution in [0.1, 0.15) is 21.6 Å². The third-order valence-electron chi connectivity index (χ3n) is 5.14. The minimum atomic E-state index is -4.63. The van der Waals surface area contributed by atoms with Crippen molar-refractivity contribution < 1.29 is 27.1 Å². The molecule has 0 N–H and O–H groups in total. The van der Waals surface area contributed by atoms with Gasteiger partial charge in [0.15, 0.2) is 0 Å². The molecule has 3 aromatic rings. The molecule has 1 aromatic heterocycles. The van der Waals surface area contributed by atoms with Crippen LogP contribution in [0.2, 0.25) is 0 Å². The van der Waals surface area contributed by atoms with E-state index in [0.29, 0.717) is 21.5 Å². The third-order valence-corrected chi connectivity index (χ3v) is 5.78. The molecule has 2 aromatic carbocycles. The van der Waals surface area contributed by atoms with E-state index in [0.717, 1.165) is 12.1 Å². The molecule has 4 rings (SSSR count). The molecular formula is C23H16BrF4N3O2. The predicted octanol–water partition coefficient (Wildman–Crippen LogP) is 6.41. The van der Waals surface area contributed by atoms with Crippen molar-refractivity contribution in [3.63, 3.8) is 0 Å². The van der Waals surface area contributed by atoms with E-state index in [9.17, 15) is 22.4 Å². The lowest BCUT2D eigenvalue weighted by Gasteiger charge is -2.39. The van der Waals surface area contributed by atoms with Gasteiger partial charge in [0.05, 0.1) is 41.0 Å². The van der Waals surface area contributed by atoms with Crippen molar-refractivity contribution in [2.45, 2.75) is 6.18 Å². The number of carbonyl (C=O) groups excluding carboxylic acids is 1. The van der Waals surface area contributed by atoms with Crippen molar-refractivity contribution >= 4 is 45.0 Å². The molecule has 10 heteroatoms. The van der Waals surface area contributed by atoms with Crippen LogP contribution in [0.25, 0.3) is 6.08 Å². The highest BCUT2D eigenvalue weighted by molar-refractivity contribution is 9.10. The summed E-state index contributed by atoms with van der Waals surface area (Å²) in [4.78, 5) is 20.6. The highest BCUT2D eigenvalue weighted by Crippen LogP contribution is 2.42. The molecule has 2 heterocycles. The molecule has 170 valence electrons. The molecular weight excluding hydrogens is 506 g/mol. The molecule has 0 bridgehead atoms. The van der Waals surface area contributed by atoms with Gasteiger partial charge in [0.2, 0.25) is 5.88 Å². The Bertz CT molecular complexity index is 1260. The van der Waals surface area contributed by atoms with Gasteiger partial charge in [-0.15, -0.1) is 0 Å². The van der Waals surface area contributed by atoms with Crippen molar-refractivity contribution in [3.05, 3.63) is 82.2 Å². The Morgan fingerprint density at radius 1 is 1.06 bits per heavy atom. The van der Waals surface area contributed by atoms with Gasteiger partial charge in [-0.3, -0.25) is 9.69 Å². The quantitative estimate of drug-likeness (QED) is 0.372. The van der Waals surface area contributed by atoms with Crippen molar-refractivity contribution in [1.82, 2.24) is 4.98 Å². The number of rotatable bonds is 4. The summed E-state index contributed by atoms with van der Waals surface area (Å²) in [5.41, 5.74) is 0.276. The second-order valence-corrected chi connectivity index (χ2v) is 7.94. The SMILES string of the molecule is C=Cc1nc(OC)ccc1N1CN(c2ccc(F)cc2Br)c2ccc(C(F)(F)F)cc2C1=O. The average Bonchev–Trinajstić information content (AvgIpc) is 2.78. The van der Waals surface area contributed by atoms with Gasteiger partial charge in [-0.1, -0.05) is 6.58 Å². The number of hydrogen-bond acceptors (Lipinski definition) is 4. The van der Waals surface area contributed by atoms with E-state index < -0.39 is 23.5 Å². The molecule has 0 unspecified atom stereocenters. The summed E-state index contributed by atoms with van der Waals surface area (Å²) in [5, 5.41) is 0. The third kappa shape index (κ3) is 4.18. The lowest BCUT2D eigenvalue weighted by molar-refractivity contribution is -0.137. The van der Waals surface area contributed by atoms with Gasteiger partial charge in [0.25, 0.3) is 5.91 Å². The Morgan fingerprint density at radius 3 is 2.39 bits per heavy atom. The Kier molecular flexibility index (Phi) is 5.87. The minimum Gasteiger partial charge on any atom is -0.481 e. The number of pyridine rings is 1. The van der Waals surface area contributed by atoms with Crippen LogP contribution in [0.5, 0.6) is 5.88 Å². The first kappa shape index (κ1) is 22.8. The zero-order valence-electron chi connectivity index (χ0n) is 17.2. The van der Waals surface area contributed by atoms with E-state index in [-0.39, 0.29) is 23.8 Å². The summed E-state index contributed by atoms with van der Waals surface area (Å²) in [5.74, 6) is -0.840. The van der Waals surface area contributed by atoms with E-state index >= 15 is 0 Å². The zero-order valence-corrected chi connectivity index (χ0v) is 18.7. The van der Waals surface area contributed by atoms with Gasteiger partial charge < -0.3 is 9.64 Å². The largest absolute Gasteiger partial charge is 0.481 e. The molecule has 0 fully saturated rings. The molecule has 1 aliphatic heterocycles. The average molecular weight is 522 g/mol. The number of aromatic nitrogens is 1. The van der Waals surface area contributed by atoms with Crippen LogP contribution in [-0.2, 0) is 6.18 Å². The molecule has 0 atom stereocenters. The second kappa shape index (κ2) is 8.51. The number of hydrogen-bond donors (Lipinski definition) is 0. The van der Waals surface area contributed by atoms with Crippen LogP contribution >= 0.6 is 15.9 Å². The van der Waals surface area contributed by atoms with Crippen LogP contribution in [-0.4, -0.2) is 24.7 Å². The van der Waals surface area contributed by atoms with Crippen LogP contribution in [0.15, 0.2) is 59.6 Å². The normalized spacial score (nSPS) is 13.7. The number of amides is 1. The fourth-order valence-corrected chi connectivity index (χ4v) is 4.14. The van der Waals surface area contributed by atoms with Gasteiger partial charge in [-0.05, 0) is 64.5 Å². The first-order chi connectivity index (χ1) is 15.6. The maximum absolute atomic E-state index is 13.7. The summed E-state index contributed by atoms with van der Waals surface area (Å²) in [6, 6.07) is 10.0. The number of fused-ring (bicyclic) bond motifs is 1. The molecule has 1 aliphatic rings. The van der Waals surface area contributed by atoms with Crippen molar-refractivity contribution in [2.75, 3.05) is 23.6 Å². The molecule has 0 radical (unpaired) electrons. The molecule has 5 nitrogen and oxygen atoms in total. The fraction of sp³-hybridized carbons (Fsp3) is 0.130. The molecule has 0 aliphatic carbocycles. The first-order valence-electron chi connectivity index (χ1n) is 9.57. The summed E-state index contributed by atoms with van der Waals surface area (Å²) in [6.45, 7) is 3.65. The Labute approximate surface area is 195 Å². The maximum atomic E-state index is 13.7. The Morgan fingerprint density at radius 2 is 1.76 bits per heavy atom. The zero-order chi connectivity index (χ0) is 23.9. The number of halogens is 5. The fourth-order valence-electron chi connectivity index (χ4n) is 3.58. The summed E-state index contributed by atoms with van der Waals surface area (Å²) >= 11 is 3.31. The number of anilines is 3. The van der Waals surface area contributed by atoms with E-state index in [2.05, 4.69) is 27.5 Å². The highest BCUT2D eigenvalue weighted by Gasteiger charge is 2.37. The molecule has 0 spiro atoms. The Balaban J connectivity index is 1.92. The van der Waals surface area contributed by atoms with Gasteiger partial charge >= 0.3 is 6.18 Å². The topological polar surface area (TPSA) is 45.7 Å². The number of ether oxygens (including phenoxy) is 1. The van der Waals surface area contributed by atoms with Gasteiger partial charge in [-0.2, -0.15) is 13.2 Å². The van der Waals surface area contributed by atoms with Crippen molar-refractivity contribution in [2.24, 2.45) is 0 Å². The lowest BCUT2D eigenvalue weighted by Crippen LogP contribution is -2.45. The van der Waals surface area contributed by atoms with Gasteiger partial charge in [0, 0.05) is 10.5 Å². The van der Waals surface area contributed by atoms with Gasteiger partial charge in [0.1, 0.15) is 12.5 Å². The van der Waals surface area contributed by atoms with Crippen molar-refractivity contribution in [1.29, 1.82) is 0 Å². The van der Waals surface area contributed by atoms with Crippen molar-refractivity contribution in [3.8, 4) is 5.88 Å². The highest BCUT2D eigenvalue weighted by atomic mass is 79.9. The number of nitrogens with zero attached hydrogens (tertiary/aromatic N) is 3. The molecule has 33 heavy (non-hydrogen) atoms. The monoisotopic (exact) mass is 521 g/mol. The predicted molar refractivity (Wildman–Crippen MR) is 120 cm³/mol. The maximum Gasteiger partial charge on any atom is 0.416 e. The minimum absolute atomic E-state index is 0.0592. The van der Waals surface area contributed by atoms with E-state index in [4.69, 9.17) is 4.74 Å². The molecule has 1 amide bonds. The Hall–Kier alpha value is -3.40. The molecule has 0 saturated carbocycles. The lowest BCUT2D eigenvalue weighted by atomic mass is 10.0. The standard InChI is InChI=1S/C23H16BrF4N3O2/c1-3-17-20(8-9-21(29-17)33-2)31-12-30(19-7-5-14(25)11-16(19)24)18-6-4-13(23(26,27)28)10-15(18)22(31)32/h3-11H,1,12H2,2H3. The van der Waals surface area contributed by atoms with Crippen LogP contribution in [0.3, 0.4) is 0 Å². The number of alkyl halides is 3. The number of carbonyl (C=O) groups is 1. The van der Waals surface area contributed by atoms with E-state index in [1.54, 1.807) is 11.0 Å². The van der Waals surface area contributed by atoms with Gasteiger partial charge in [-0.25, -0.2) is 9.37 Å². The second-order valence-electron chi connectivity index (χ2n) is 7.09. The summed E-state index contributed by atoms with van der Waals surface area (Å²) in [7, 11) is 1.43. The van der Waals surface area contributed by atoms with E-state index in [1.807, 2.05) is 0 Å². The van der Waals surface area contributed by atoms with Crippen LogP contribution in [0.4, 0.5) is 34.6 Å². The summed E-state index contributed by atoms with van der Waals surface area (Å²) in [6.07, 6.45) is -3.21. The summed E-state index contributed by atoms with van der Waals surface area (Å²) < 4.78 is 59.4. The number of benzene rings is 2. The smallest absolute Gasteiger partial charge is 0.416 e. The molecule has 0 saturated heterocycles. The van der Waals surface area contributed by atoms with Crippen LogP contribution in [0, 0.1) is 5.82 Å². The number of methoxy groups -OCH3 is 1. The van der Waals surface area contributed by atoms with Crippen LogP contribution < -0.4 is 14.5 Å². The first-order valence-corrected chi connectivity index (χ1v) is 10.4.